The van der Waals surface area contributed by atoms with Gasteiger partial charge in [0.25, 0.3) is 0 Å². The highest BCUT2D eigenvalue weighted by Crippen LogP contribution is 2.15. The molecule has 2 N–H and O–H groups in total. The molecule has 1 rings (SSSR count). The second-order valence-electron chi connectivity index (χ2n) is 4.10. The molecule has 0 aliphatic rings. The molecular formula is C14H23NO. The molecule has 0 aliphatic carbocycles. The lowest BCUT2D eigenvalue weighted by molar-refractivity contribution is 0.328. The zero-order valence-electron chi connectivity index (χ0n) is 10.2. The molecule has 1 aromatic carbocycles. The van der Waals surface area contributed by atoms with Gasteiger partial charge in [0.05, 0.1) is 0 Å². The molecule has 0 atom stereocenters. The maximum absolute atomic E-state index is 5.50. The number of hydrogen-bond donors (Lipinski definition) is 1. The van der Waals surface area contributed by atoms with Crippen molar-refractivity contribution in [3.05, 3.63) is 29.8 Å². The minimum Gasteiger partial charge on any atom is -0.492 e. The van der Waals surface area contributed by atoms with Crippen molar-refractivity contribution in [1.82, 2.24) is 0 Å². The van der Waals surface area contributed by atoms with Crippen LogP contribution in [0.3, 0.4) is 0 Å². The van der Waals surface area contributed by atoms with E-state index in [2.05, 4.69) is 25.1 Å². The Morgan fingerprint density at radius 3 is 2.81 bits per heavy atom. The van der Waals surface area contributed by atoms with Gasteiger partial charge in [0.15, 0.2) is 0 Å². The molecule has 0 amide bonds. The molecule has 0 saturated heterocycles. The van der Waals surface area contributed by atoms with E-state index >= 15 is 0 Å². The van der Waals surface area contributed by atoms with Gasteiger partial charge in [-0.05, 0) is 30.5 Å². The molecule has 16 heavy (non-hydrogen) atoms. The Morgan fingerprint density at radius 2 is 2.06 bits per heavy atom. The zero-order valence-corrected chi connectivity index (χ0v) is 10.2. The maximum atomic E-state index is 5.50. The van der Waals surface area contributed by atoms with Crippen LogP contribution in [-0.4, -0.2) is 13.2 Å². The Hall–Kier alpha value is -1.02. The lowest BCUT2D eigenvalue weighted by Gasteiger charge is -2.06. The summed E-state index contributed by atoms with van der Waals surface area (Å²) >= 11 is 0. The monoisotopic (exact) mass is 221 g/mol. The summed E-state index contributed by atoms with van der Waals surface area (Å²) in [6.45, 7) is 3.40. The average molecular weight is 221 g/mol. The van der Waals surface area contributed by atoms with E-state index in [0.717, 1.165) is 12.2 Å². The van der Waals surface area contributed by atoms with Crippen LogP contribution < -0.4 is 10.5 Å². The summed E-state index contributed by atoms with van der Waals surface area (Å²) < 4.78 is 5.50. The Bertz CT molecular complexity index is 286. The van der Waals surface area contributed by atoms with E-state index in [1.807, 2.05) is 6.07 Å². The predicted octanol–water partition coefficient (Wildman–Crippen LogP) is 3.15. The normalized spacial score (nSPS) is 10.4. The number of rotatable bonds is 8. The Morgan fingerprint density at radius 1 is 1.19 bits per heavy atom. The molecule has 0 aromatic heterocycles. The Labute approximate surface area is 98.8 Å². The Balaban J connectivity index is 2.35. The van der Waals surface area contributed by atoms with Crippen LogP contribution in [-0.2, 0) is 6.42 Å². The fraction of sp³-hybridized carbons (Fsp3) is 0.571. The molecule has 2 heteroatoms. The van der Waals surface area contributed by atoms with Gasteiger partial charge >= 0.3 is 0 Å². The topological polar surface area (TPSA) is 35.2 Å². The predicted molar refractivity (Wildman–Crippen MR) is 68.8 cm³/mol. The fourth-order valence-electron chi connectivity index (χ4n) is 1.72. The third-order valence-corrected chi connectivity index (χ3v) is 2.60. The summed E-state index contributed by atoms with van der Waals surface area (Å²) in [6, 6.07) is 8.34. The number of unbranched alkanes of at least 4 members (excludes halogenated alkanes) is 3. The standard InChI is InChI=1S/C14H23NO/c1-2-3-4-5-7-13-8-6-9-14(12-13)16-11-10-15/h6,8-9,12H,2-5,7,10-11,15H2,1H3. The summed E-state index contributed by atoms with van der Waals surface area (Å²) in [5.41, 5.74) is 6.77. The van der Waals surface area contributed by atoms with Crippen molar-refractivity contribution in [3.63, 3.8) is 0 Å². The second-order valence-corrected chi connectivity index (χ2v) is 4.10. The molecule has 0 fully saturated rings. The van der Waals surface area contributed by atoms with Crippen LogP contribution in [0.15, 0.2) is 24.3 Å². The SMILES string of the molecule is CCCCCCc1cccc(OCCN)c1. The summed E-state index contributed by atoms with van der Waals surface area (Å²) in [6.07, 6.45) is 6.38. The van der Waals surface area contributed by atoms with Crippen molar-refractivity contribution in [2.24, 2.45) is 5.73 Å². The van der Waals surface area contributed by atoms with E-state index < -0.39 is 0 Å². The van der Waals surface area contributed by atoms with Gasteiger partial charge in [-0.3, -0.25) is 0 Å². The molecule has 0 spiro atoms. The van der Waals surface area contributed by atoms with Crippen LogP contribution in [0.1, 0.15) is 38.2 Å². The smallest absolute Gasteiger partial charge is 0.119 e. The quantitative estimate of drug-likeness (QED) is 0.684. The van der Waals surface area contributed by atoms with Crippen LogP contribution in [0.5, 0.6) is 5.75 Å². The number of nitrogens with two attached hydrogens (primary N) is 1. The van der Waals surface area contributed by atoms with Gasteiger partial charge in [0.2, 0.25) is 0 Å². The summed E-state index contributed by atoms with van der Waals surface area (Å²) in [5, 5.41) is 0. The largest absolute Gasteiger partial charge is 0.492 e. The molecule has 0 saturated carbocycles. The fourth-order valence-corrected chi connectivity index (χ4v) is 1.72. The molecule has 0 heterocycles. The highest BCUT2D eigenvalue weighted by atomic mass is 16.5. The third-order valence-electron chi connectivity index (χ3n) is 2.60. The molecule has 0 aliphatic heterocycles. The van der Waals surface area contributed by atoms with Crippen molar-refractivity contribution in [3.8, 4) is 5.75 Å². The first kappa shape index (κ1) is 13.0. The lowest BCUT2D eigenvalue weighted by Crippen LogP contribution is -2.10. The number of hydrogen-bond acceptors (Lipinski definition) is 2. The second kappa shape index (κ2) is 8.17. The van der Waals surface area contributed by atoms with E-state index in [1.165, 1.54) is 31.2 Å². The van der Waals surface area contributed by atoms with Crippen LogP contribution in [0.4, 0.5) is 0 Å². The zero-order chi connectivity index (χ0) is 11.6. The van der Waals surface area contributed by atoms with Gasteiger partial charge in [-0.25, -0.2) is 0 Å². The summed E-state index contributed by atoms with van der Waals surface area (Å²) in [4.78, 5) is 0. The van der Waals surface area contributed by atoms with Gasteiger partial charge in [-0.1, -0.05) is 38.3 Å². The molecule has 90 valence electrons. The molecule has 0 radical (unpaired) electrons. The van der Waals surface area contributed by atoms with E-state index in [-0.39, 0.29) is 0 Å². The highest BCUT2D eigenvalue weighted by Gasteiger charge is 1.97. The molecule has 2 nitrogen and oxygen atoms in total. The van der Waals surface area contributed by atoms with Crippen molar-refractivity contribution < 1.29 is 4.74 Å². The number of aryl methyl sites for hydroxylation is 1. The first-order chi connectivity index (χ1) is 7.86. The lowest BCUT2D eigenvalue weighted by atomic mass is 10.1. The van der Waals surface area contributed by atoms with Gasteiger partial charge in [-0.2, -0.15) is 0 Å². The summed E-state index contributed by atoms with van der Waals surface area (Å²) in [5.74, 6) is 0.943. The first-order valence-electron chi connectivity index (χ1n) is 6.28. The minimum absolute atomic E-state index is 0.570. The molecule has 0 bridgehead atoms. The average Bonchev–Trinajstić information content (AvgIpc) is 2.33. The minimum atomic E-state index is 0.570. The van der Waals surface area contributed by atoms with E-state index in [1.54, 1.807) is 0 Å². The number of ether oxygens (including phenoxy) is 1. The van der Waals surface area contributed by atoms with Crippen molar-refractivity contribution >= 4 is 0 Å². The van der Waals surface area contributed by atoms with Crippen LogP contribution in [0, 0.1) is 0 Å². The van der Waals surface area contributed by atoms with Gasteiger partial charge in [-0.15, -0.1) is 0 Å². The van der Waals surface area contributed by atoms with E-state index in [4.69, 9.17) is 10.5 Å². The highest BCUT2D eigenvalue weighted by molar-refractivity contribution is 5.28. The Kier molecular flexibility index (Phi) is 6.66. The molecular weight excluding hydrogens is 198 g/mol. The molecule has 0 unspecified atom stereocenters. The van der Waals surface area contributed by atoms with E-state index in [9.17, 15) is 0 Å². The maximum Gasteiger partial charge on any atom is 0.119 e. The van der Waals surface area contributed by atoms with E-state index in [0.29, 0.717) is 13.2 Å². The van der Waals surface area contributed by atoms with Crippen LogP contribution in [0.25, 0.3) is 0 Å². The van der Waals surface area contributed by atoms with Crippen LogP contribution >= 0.6 is 0 Å². The number of benzene rings is 1. The van der Waals surface area contributed by atoms with Crippen molar-refractivity contribution in [2.45, 2.75) is 39.0 Å². The third kappa shape index (κ3) is 5.17. The van der Waals surface area contributed by atoms with Crippen molar-refractivity contribution in [2.75, 3.05) is 13.2 Å². The van der Waals surface area contributed by atoms with Gasteiger partial charge in [0.1, 0.15) is 12.4 Å². The van der Waals surface area contributed by atoms with Crippen LogP contribution in [0.2, 0.25) is 0 Å². The van der Waals surface area contributed by atoms with Gasteiger partial charge in [0, 0.05) is 6.54 Å². The van der Waals surface area contributed by atoms with Crippen molar-refractivity contribution in [1.29, 1.82) is 0 Å². The summed E-state index contributed by atoms with van der Waals surface area (Å²) in [7, 11) is 0. The molecule has 1 aromatic rings. The first-order valence-corrected chi connectivity index (χ1v) is 6.28. The van der Waals surface area contributed by atoms with Gasteiger partial charge < -0.3 is 10.5 Å².